The summed E-state index contributed by atoms with van der Waals surface area (Å²) in [6, 6.07) is 6.45. The van der Waals surface area contributed by atoms with Crippen LogP contribution in [0.2, 0.25) is 18.1 Å². The highest BCUT2D eigenvalue weighted by Crippen LogP contribution is 2.37. The van der Waals surface area contributed by atoms with E-state index in [0.717, 1.165) is 12.2 Å². The number of hydrogen-bond acceptors (Lipinski definition) is 1. The van der Waals surface area contributed by atoms with E-state index in [4.69, 9.17) is 4.43 Å². The van der Waals surface area contributed by atoms with E-state index in [1.165, 1.54) is 9.13 Å². The maximum Gasteiger partial charge on any atom is 0.250 e. The molecule has 1 aromatic rings. The third kappa shape index (κ3) is 3.71. The van der Waals surface area contributed by atoms with E-state index in [0.29, 0.717) is 0 Å². The van der Waals surface area contributed by atoms with Gasteiger partial charge in [-0.3, -0.25) is 0 Å². The van der Waals surface area contributed by atoms with Crippen LogP contribution in [-0.2, 0) is 6.42 Å². The zero-order valence-corrected chi connectivity index (χ0v) is 14.9. The molecule has 0 amide bonds. The molecule has 0 bridgehead atoms. The Hall–Kier alpha value is -0.0331. The van der Waals surface area contributed by atoms with Gasteiger partial charge in [-0.15, -0.1) is 0 Å². The predicted molar refractivity (Wildman–Crippen MR) is 86.4 cm³/mol. The lowest BCUT2D eigenvalue weighted by molar-refractivity contribution is 0.491. The minimum absolute atomic E-state index is 0.252. The smallest absolute Gasteiger partial charge is 0.250 e. The van der Waals surface area contributed by atoms with Crippen LogP contribution in [0.4, 0.5) is 0 Å². The van der Waals surface area contributed by atoms with Crippen LogP contribution in [0.25, 0.3) is 0 Å². The molecule has 0 saturated carbocycles. The molecule has 0 atom stereocenters. The van der Waals surface area contributed by atoms with Crippen molar-refractivity contribution >= 4 is 30.9 Å². The lowest BCUT2D eigenvalue weighted by atomic mass is 10.2. The van der Waals surface area contributed by atoms with Gasteiger partial charge >= 0.3 is 0 Å². The first kappa shape index (κ1) is 15.0. The predicted octanol–water partition coefficient (Wildman–Crippen LogP) is 5.24. The molecule has 17 heavy (non-hydrogen) atoms. The molecule has 1 rings (SSSR count). The number of hydrogen-bond donors (Lipinski definition) is 0. The van der Waals surface area contributed by atoms with Gasteiger partial charge < -0.3 is 4.43 Å². The largest absolute Gasteiger partial charge is 0.543 e. The zero-order chi connectivity index (χ0) is 13.3. The highest BCUT2D eigenvalue weighted by atomic mass is 127. The first-order valence-electron chi connectivity index (χ1n) is 6.15. The van der Waals surface area contributed by atoms with Gasteiger partial charge in [0.05, 0.1) is 0 Å². The molecule has 0 unspecified atom stereocenters. The topological polar surface area (TPSA) is 9.23 Å². The Bertz CT molecular complexity index is 394. The molecule has 0 aliphatic carbocycles. The number of benzene rings is 1. The van der Waals surface area contributed by atoms with E-state index in [2.05, 4.69) is 81.6 Å². The van der Waals surface area contributed by atoms with Crippen molar-refractivity contribution in [1.29, 1.82) is 0 Å². The minimum atomic E-state index is -1.70. The normalized spacial score (nSPS) is 12.6. The molecule has 3 heteroatoms. The van der Waals surface area contributed by atoms with Crippen LogP contribution >= 0.6 is 22.6 Å². The fraction of sp³-hybridized carbons (Fsp3) is 0.571. The van der Waals surface area contributed by atoms with Gasteiger partial charge in [-0.25, -0.2) is 0 Å². The van der Waals surface area contributed by atoms with E-state index in [-0.39, 0.29) is 5.04 Å². The molecule has 1 aromatic carbocycles. The van der Waals surface area contributed by atoms with Crippen LogP contribution in [0.5, 0.6) is 5.75 Å². The number of aryl methyl sites for hydroxylation is 1. The quantitative estimate of drug-likeness (QED) is 0.528. The Morgan fingerprint density at radius 3 is 2.29 bits per heavy atom. The van der Waals surface area contributed by atoms with E-state index in [1.54, 1.807) is 0 Å². The second-order valence-corrected chi connectivity index (χ2v) is 11.9. The van der Waals surface area contributed by atoms with E-state index < -0.39 is 8.32 Å². The van der Waals surface area contributed by atoms with Crippen LogP contribution in [0, 0.1) is 3.57 Å². The SMILES string of the molecule is CCc1cc(O[Si](C)(C)C(C)(C)C)ccc1I. The maximum absolute atomic E-state index is 6.30. The molecule has 0 aliphatic heterocycles. The molecule has 0 aromatic heterocycles. The van der Waals surface area contributed by atoms with Crippen molar-refractivity contribution in [3.8, 4) is 5.75 Å². The molecule has 0 N–H and O–H groups in total. The molecular formula is C14H23IOSi. The Labute approximate surface area is 120 Å². The summed E-state index contributed by atoms with van der Waals surface area (Å²) >= 11 is 2.39. The van der Waals surface area contributed by atoms with Gasteiger partial charge in [0, 0.05) is 3.57 Å². The maximum atomic E-state index is 6.30. The number of halogens is 1. The van der Waals surface area contributed by atoms with Crippen molar-refractivity contribution in [3.05, 3.63) is 27.3 Å². The number of rotatable bonds is 3. The van der Waals surface area contributed by atoms with Crippen LogP contribution in [-0.4, -0.2) is 8.32 Å². The third-order valence-electron chi connectivity index (χ3n) is 3.58. The summed E-state index contributed by atoms with van der Waals surface area (Å²) in [6.45, 7) is 13.6. The van der Waals surface area contributed by atoms with Crippen molar-refractivity contribution < 1.29 is 4.43 Å². The molecular weight excluding hydrogens is 339 g/mol. The lowest BCUT2D eigenvalue weighted by Gasteiger charge is -2.36. The highest BCUT2D eigenvalue weighted by molar-refractivity contribution is 14.1. The molecule has 0 spiro atoms. The lowest BCUT2D eigenvalue weighted by Crippen LogP contribution is -2.43. The van der Waals surface area contributed by atoms with Gasteiger partial charge in [0.15, 0.2) is 0 Å². The fourth-order valence-electron chi connectivity index (χ4n) is 1.33. The van der Waals surface area contributed by atoms with Crippen molar-refractivity contribution in [1.82, 2.24) is 0 Å². The Morgan fingerprint density at radius 2 is 1.82 bits per heavy atom. The van der Waals surface area contributed by atoms with E-state index in [1.807, 2.05) is 0 Å². The first-order chi connectivity index (χ1) is 7.67. The molecule has 96 valence electrons. The summed E-state index contributed by atoms with van der Waals surface area (Å²) in [5.41, 5.74) is 1.38. The first-order valence-corrected chi connectivity index (χ1v) is 10.1. The summed E-state index contributed by atoms with van der Waals surface area (Å²) in [6.07, 6.45) is 1.06. The molecule has 0 fully saturated rings. The second kappa shape index (κ2) is 5.30. The van der Waals surface area contributed by atoms with Crippen LogP contribution in [0.1, 0.15) is 33.3 Å². The molecule has 0 heterocycles. The highest BCUT2D eigenvalue weighted by Gasteiger charge is 2.38. The van der Waals surface area contributed by atoms with Crippen LogP contribution < -0.4 is 4.43 Å². The van der Waals surface area contributed by atoms with Crippen LogP contribution in [0.3, 0.4) is 0 Å². The van der Waals surface area contributed by atoms with Crippen molar-refractivity contribution in [2.24, 2.45) is 0 Å². The zero-order valence-electron chi connectivity index (χ0n) is 11.7. The fourth-order valence-corrected chi connectivity index (χ4v) is 3.07. The van der Waals surface area contributed by atoms with Gasteiger partial charge in [-0.05, 0) is 70.9 Å². The van der Waals surface area contributed by atoms with Gasteiger partial charge in [-0.2, -0.15) is 0 Å². The summed E-state index contributed by atoms with van der Waals surface area (Å²) in [5.74, 6) is 1.04. The van der Waals surface area contributed by atoms with Gasteiger partial charge in [0.1, 0.15) is 5.75 Å². The second-order valence-electron chi connectivity index (χ2n) is 5.97. The Morgan fingerprint density at radius 1 is 1.24 bits per heavy atom. The molecule has 1 nitrogen and oxygen atoms in total. The van der Waals surface area contributed by atoms with Gasteiger partial charge in [0.25, 0.3) is 0 Å². The standard InChI is InChI=1S/C14H23IOSi/c1-7-11-10-12(8-9-13(11)15)16-17(5,6)14(2,3)4/h8-10H,7H2,1-6H3. The molecule has 0 radical (unpaired) electrons. The Balaban J connectivity index is 2.96. The monoisotopic (exact) mass is 362 g/mol. The van der Waals surface area contributed by atoms with Crippen molar-refractivity contribution in [2.75, 3.05) is 0 Å². The van der Waals surface area contributed by atoms with E-state index in [9.17, 15) is 0 Å². The molecule has 0 saturated heterocycles. The van der Waals surface area contributed by atoms with Crippen molar-refractivity contribution in [2.45, 2.75) is 52.2 Å². The summed E-state index contributed by atoms with van der Waals surface area (Å²) in [4.78, 5) is 0. The average Bonchev–Trinajstić information content (AvgIpc) is 2.19. The van der Waals surface area contributed by atoms with Crippen LogP contribution in [0.15, 0.2) is 18.2 Å². The van der Waals surface area contributed by atoms with Gasteiger partial charge in [-0.1, -0.05) is 27.7 Å². The average molecular weight is 362 g/mol. The summed E-state index contributed by atoms with van der Waals surface area (Å²) < 4.78 is 7.63. The minimum Gasteiger partial charge on any atom is -0.543 e. The Kier molecular flexibility index (Phi) is 4.69. The van der Waals surface area contributed by atoms with Crippen molar-refractivity contribution in [3.63, 3.8) is 0 Å². The molecule has 0 aliphatic rings. The van der Waals surface area contributed by atoms with E-state index >= 15 is 0 Å². The third-order valence-corrected chi connectivity index (χ3v) is 8.99. The summed E-state index contributed by atoms with van der Waals surface area (Å²) in [7, 11) is -1.70. The van der Waals surface area contributed by atoms with Gasteiger partial charge in [0.2, 0.25) is 8.32 Å². The summed E-state index contributed by atoms with van der Waals surface area (Å²) in [5, 5.41) is 0.252.